The molecule has 0 radical (unpaired) electrons. The van der Waals surface area contributed by atoms with E-state index in [1.807, 2.05) is 0 Å². The summed E-state index contributed by atoms with van der Waals surface area (Å²) < 4.78 is 0. The van der Waals surface area contributed by atoms with E-state index < -0.39 is 12.1 Å². The lowest BCUT2D eigenvalue weighted by Gasteiger charge is -2.34. The van der Waals surface area contributed by atoms with Gasteiger partial charge in [-0.2, -0.15) is 0 Å². The third-order valence-electron chi connectivity index (χ3n) is 10.8. The Morgan fingerprint density at radius 1 is 0.442 bits per heavy atom. The Kier molecular flexibility index (Phi) is 5.47. The molecule has 0 saturated heterocycles. The van der Waals surface area contributed by atoms with Crippen molar-refractivity contribution in [3.8, 4) is 0 Å². The number of benzene rings is 4. The van der Waals surface area contributed by atoms with Crippen molar-refractivity contribution in [2.24, 2.45) is 10.8 Å². The second kappa shape index (κ2) is 8.87. The number of rotatable bonds is 4. The smallest absolute Gasteiger partial charge is 0.0212 e. The van der Waals surface area contributed by atoms with Crippen LogP contribution in [-0.4, -0.2) is 12.3 Å². The van der Waals surface area contributed by atoms with Gasteiger partial charge in [-0.1, -0.05) is 159 Å². The lowest BCUT2D eigenvalue weighted by Crippen LogP contribution is -2.24. The Balaban J connectivity index is 1.31. The molecule has 0 fully saturated rings. The quantitative estimate of drug-likeness (QED) is 0.207. The molecule has 4 aromatic carbocycles. The maximum atomic E-state index is 7.12. The molecule has 4 aromatic rings. The second-order valence-corrected chi connectivity index (χ2v) is 22.3. The van der Waals surface area contributed by atoms with Crippen LogP contribution in [0.3, 0.4) is 0 Å². The van der Waals surface area contributed by atoms with Crippen molar-refractivity contribution >= 4 is 57.5 Å². The van der Waals surface area contributed by atoms with Gasteiger partial charge < -0.3 is 0 Å². The van der Waals surface area contributed by atoms with Crippen molar-refractivity contribution in [2.75, 3.05) is 12.3 Å². The highest BCUT2D eigenvalue weighted by Crippen LogP contribution is 2.95. The fourth-order valence-corrected chi connectivity index (χ4v) is 23.3. The van der Waals surface area contributed by atoms with Crippen LogP contribution in [0.15, 0.2) is 143 Å². The molecule has 4 aliphatic heterocycles. The summed E-state index contributed by atoms with van der Waals surface area (Å²) in [6.45, 7) is 5.03. The van der Waals surface area contributed by atoms with Crippen molar-refractivity contribution < 1.29 is 0 Å². The van der Waals surface area contributed by atoms with Gasteiger partial charge in [-0.25, -0.2) is 0 Å². The molecule has 0 spiro atoms. The van der Waals surface area contributed by atoms with E-state index in [-0.39, 0.29) is 10.8 Å². The normalized spacial score (nSPS) is 31.9. The summed E-state index contributed by atoms with van der Waals surface area (Å²) in [6, 6.07) is 40.1. The fraction of sp³-hybridized carbons (Fsp3) is 0.179. The summed E-state index contributed by atoms with van der Waals surface area (Å²) in [5.74, 6) is 0. The molecule has 0 nitrogen and oxygen atoms in total. The molecule has 43 heavy (non-hydrogen) atoms. The van der Waals surface area contributed by atoms with Gasteiger partial charge in [-0.3, -0.25) is 0 Å². The first kappa shape index (κ1) is 26.5. The van der Waals surface area contributed by atoms with E-state index in [1.165, 1.54) is 44.0 Å². The number of fused-ring (bicyclic) bond motifs is 9. The van der Waals surface area contributed by atoms with Crippen molar-refractivity contribution in [1.29, 1.82) is 0 Å². The molecule has 9 rings (SSSR count). The highest BCUT2D eigenvalue weighted by Gasteiger charge is 2.67. The van der Waals surface area contributed by atoms with E-state index in [2.05, 4.69) is 135 Å². The van der Waals surface area contributed by atoms with Gasteiger partial charge in [0, 0.05) is 33.5 Å². The van der Waals surface area contributed by atoms with Crippen LogP contribution in [0.4, 0.5) is 0 Å². The minimum absolute atomic E-state index is 0.0625. The molecule has 4 heteroatoms. The number of hydrogen-bond acceptors (Lipinski definition) is 2. The summed E-state index contributed by atoms with van der Waals surface area (Å²) in [5.41, 5.74) is 11.3. The zero-order valence-electron chi connectivity index (χ0n) is 24.4. The first-order chi connectivity index (χ1) is 20.8. The highest BCUT2D eigenvalue weighted by atomic mass is 32.4. The van der Waals surface area contributed by atoms with Gasteiger partial charge in [0.25, 0.3) is 0 Å². The van der Waals surface area contributed by atoms with E-state index in [4.69, 9.17) is 23.6 Å². The summed E-state index contributed by atoms with van der Waals surface area (Å²) >= 11 is 14.2. The van der Waals surface area contributed by atoms with Gasteiger partial charge in [0.2, 0.25) is 0 Å². The van der Waals surface area contributed by atoms with Crippen LogP contribution in [0.1, 0.15) is 42.5 Å². The standard InChI is InChI=1S/C39H32P2S2/c1-38-24-40(42,34(28-19-11-5-12-20-28)32(38)26-15-7-3-8-16-26)36-30(38)23-31-37(36)41(43)25-39(31,2)33(27-17-9-4-10-18-27)35(41)29-21-13-6-14-22-29/h3-22H,23-25H2,1-2H3/t38-,39-,40+,41+/m0/s1. The summed E-state index contributed by atoms with van der Waals surface area (Å²) in [7, 11) is 0. The topological polar surface area (TPSA) is 0 Å². The van der Waals surface area contributed by atoms with Crippen molar-refractivity contribution in [2.45, 2.75) is 20.3 Å². The molecule has 0 N–H and O–H groups in total. The van der Waals surface area contributed by atoms with Crippen molar-refractivity contribution in [1.82, 2.24) is 0 Å². The maximum Gasteiger partial charge on any atom is 0.0212 e. The first-order valence-electron chi connectivity index (χ1n) is 15.2. The van der Waals surface area contributed by atoms with Gasteiger partial charge in [0.15, 0.2) is 0 Å². The molecular formula is C39H32P2S2. The molecule has 0 saturated carbocycles. The van der Waals surface area contributed by atoms with Crippen molar-refractivity contribution in [3.05, 3.63) is 165 Å². The first-order valence-corrected chi connectivity index (χ1v) is 21.2. The molecule has 5 aliphatic rings. The average Bonchev–Trinajstić information content (AvgIpc) is 3.75. The van der Waals surface area contributed by atoms with E-state index in [1.54, 1.807) is 21.8 Å². The Bertz CT molecular complexity index is 1950. The van der Waals surface area contributed by atoms with Crippen LogP contribution in [0.2, 0.25) is 0 Å². The molecule has 4 bridgehead atoms. The Hall–Kier alpha value is -2.86. The SMILES string of the molecule is C[C@]12C[P@](=S)(C3=C1CC1=C3[P@@]3(=S)C[C@]1(C)C(c1ccccc1)=C3c1ccccc1)C(c1ccccc1)=C2c1ccccc1. The van der Waals surface area contributed by atoms with E-state index >= 15 is 0 Å². The Morgan fingerprint density at radius 3 is 1.07 bits per heavy atom. The van der Waals surface area contributed by atoms with E-state index in [9.17, 15) is 0 Å². The summed E-state index contributed by atoms with van der Waals surface area (Å²) in [4.78, 5) is 0. The van der Waals surface area contributed by atoms with Gasteiger partial charge in [0.05, 0.1) is 0 Å². The zero-order chi connectivity index (χ0) is 29.2. The minimum Gasteiger partial charge on any atom is -0.0875 e. The molecular weight excluding hydrogens is 595 g/mol. The summed E-state index contributed by atoms with van der Waals surface area (Å²) in [5, 5.41) is 6.03. The van der Waals surface area contributed by atoms with E-state index in [0.29, 0.717) is 0 Å². The third-order valence-corrected chi connectivity index (χ3v) is 20.9. The third kappa shape index (κ3) is 3.24. The van der Waals surface area contributed by atoms with Gasteiger partial charge in [-0.05, 0) is 73.9 Å². The maximum absolute atomic E-state index is 7.12. The zero-order valence-corrected chi connectivity index (χ0v) is 27.8. The molecule has 4 heterocycles. The van der Waals surface area contributed by atoms with Crippen LogP contribution in [0.5, 0.6) is 0 Å². The van der Waals surface area contributed by atoms with Crippen LogP contribution >= 0.6 is 12.1 Å². The second-order valence-electron chi connectivity index (χ2n) is 13.2. The predicted molar refractivity (Wildman–Crippen MR) is 193 cm³/mol. The van der Waals surface area contributed by atoms with Crippen LogP contribution in [0, 0.1) is 10.8 Å². The number of hydrogen-bond donors (Lipinski definition) is 0. The molecule has 0 unspecified atom stereocenters. The Labute approximate surface area is 265 Å². The molecule has 210 valence electrons. The van der Waals surface area contributed by atoms with Crippen LogP contribution < -0.4 is 0 Å². The number of allylic oxidation sites excluding steroid dienone is 6. The minimum atomic E-state index is -2.11. The lowest BCUT2D eigenvalue weighted by molar-refractivity contribution is 0.569. The van der Waals surface area contributed by atoms with Gasteiger partial charge >= 0.3 is 0 Å². The van der Waals surface area contributed by atoms with Gasteiger partial charge in [0.1, 0.15) is 0 Å². The highest BCUT2D eigenvalue weighted by molar-refractivity contribution is 8.25. The molecule has 0 aromatic heterocycles. The molecule has 4 atom stereocenters. The average molecular weight is 627 g/mol. The fourth-order valence-electron chi connectivity index (χ4n) is 9.30. The summed E-state index contributed by atoms with van der Waals surface area (Å²) in [6.07, 6.45) is 3.16. The Morgan fingerprint density at radius 2 is 0.744 bits per heavy atom. The van der Waals surface area contributed by atoms with Gasteiger partial charge in [-0.15, -0.1) is 0 Å². The molecule has 0 amide bonds. The van der Waals surface area contributed by atoms with E-state index in [0.717, 1.165) is 18.7 Å². The lowest BCUT2D eigenvalue weighted by atomic mass is 9.69. The van der Waals surface area contributed by atoms with Crippen LogP contribution in [0.25, 0.3) is 21.8 Å². The largest absolute Gasteiger partial charge is 0.0875 e. The van der Waals surface area contributed by atoms with Crippen LogP contribution in [-0.2, 0) is 23.6 Å². The monoisotopic (exact) mass is 626 g/mol. The molecule has 1 aliphatic carbocycles. The predicted octanol–water partition coefficient (Wildman–Crippen LogP) is 11.1. The van der Waals surface area contributed by atoms with Crippen molar-refractivity contribution in [3.63, 3.8) is 0 Å².